The zero-order valence-electron chi connectivity index (χ0n) is 11.4. The molecule has 1 N–H and O–H groups in total. The topological polar surface area (TPSA) is 46.9 Å². The minimum atomic E-state index is 0.0248. The first kappa shape index (κ1) is 13.7. The van der Waals surface area contributed by atoms with Gasteiger partial charge in [-0.2, -0.15) is 5.10 Å². The van der Waals surface area contributed by atoms with Crippen LogP contribution in [0.15, 0.2) is 6.20 Å². The monoisotopic (exact) mass is 237 g/mol. The van der Waals surface area contributed by atoms with E-state index in [-0.39, 0.29) is 17.9 Å². The molecule has 4 heteroatoms. The van der Waals surface area contributed by atoms with Gasteiger partial charge in [-0.15, -0.1) is 0 Å². The predicted molar refractivity (Wildman–Crippen MR) is 68.6 cm³/mol. The van der Waals surface area contributed by atoms with E-state index in [9.17, 15) is 4.79 Å². The molecule has 0 aliphatic carbocycles. The Bertz CT molecular complexity index is 380. The van der Waals surface area contributed by atoms with Crippen LogP contribution >= 0.6 is 0 Å². The number of nitrogens with zero attached hydrogens (tertiary/aromatic N) is 2. The molecule has 0 aliphatic heterocycles. The summed E-state index contributed by atoms with van der Waals surface area (Å²) in [7, 11) is 1.89. The van der Waals surface area contributed by atoms with Crippen molar-refractivity contribution in [2.75, 3.05) is 0 Å². The zero-order chi connectivity index (χ0) is 13.0. The molecule has 1 atom stereocenters. The third kappa shape index (κ3) is 3.32. The summed E-state index contributed by atoms with van der Waals surface area (Å²) >= 11 is 0. The molecule has 1 aromatic heterocycles. The molecule has 1 unspecified atom stereocenters. The molecule has 1 rings (SSSR count). The fourth-order valence-corrected chi connectivity index (χ4v) is 2.11. The highest BCUT2D eigenvalue weighted by molar-refractivity contribution is 5.79. The van der Waals surface area contributed by atoms with Gasteiger partial charge in [0.1, 0.15) is 0 Å². The first-order valence-electron chi connectivity index (χ1n) is 6.30. The zero-order valence-corrected chi connectivity index (χ0v) is 11.4. The summed E-state index contributed by atoms with van der Waals surface area (Å²) in [5.41, 5.74) is 2.07. The van der Waals surface area contributed by atoms with E-state index in [1.165, 1.54) is 0 Å². The van der Waals surface area contributed by atoms with Gasteiger partial charge in [-0.05, 0) is 26.7 Å². The molecule has 0 saturated heterocycles. The second-order valence-corrected chi connectivity index (χ2v) is 4.59. The molecule has 0 aliphatic rings. The number of amides is 1. The molecule has 0 saturated carbocycles. The van der Waals surface area contributed by atoms with Crippen LogP contribution in [0.5, 0.6) is 0 Å². The summed E-state index contributed by atoms with van der Waals surface area (Å²) in [5.74, 6) is 0.264. The van der Waals surface area contributed by atoms with Gasteiger partial charge in [0.2, 0.25) is 5.91 Å². The summed E-state index contributed by atoms with van der Waals surface area (Å²) in [6.45, 7) is 8.07. The van der Waals surface area contributed by atoms with Crippen LogP contribution in [0, 0.1) is 12.8 Å². The molecule has 1 aromatic rings. The lowest BCUT2D eigenvalue weighted by Crippen LogP contribution is -2.32. The summed E-state index contributed by atoms with van der Waals surface area (Å²) in [4.78, 5) is 12.0. The maximum Gasteiger partial charge on any atom is 0.223 e. The summed E-state index contributed by atoms with van der Waals surface area (Å²) in [6.07, 6.45) is 3.75. The van der Waals surface area contributed by atoms with Gasteiger partial charge in [-0.1, -0.05) is 13.8 Å². The Labute approximate surface area is 103 Å². The van der Waals surface area contributed by atoms with Crippen LogP contribution < -0.4 is 5.32 Å². The van der Waals surface area contributed by atoms with Crippen molar-refractivity contribution in [3.63, 3.8) is 0 Å². The van der Waals surface area contributed by atoms with Gasteiger partial charge in [0.15, 0.2) is 0 Å². The van der Waals surface area contributed by atoms with Crippen molar-refractivity contribution in [3.05, 3.63) is 17.5 Å². The van der Waals surface area contributed by atoms with Gasteiger partial charge in [0.05, 0.1) is 11.7 Å². The van der Waals surface area contributed by atoms with Crippen molar-refractivity contribution < 1.29 is 4.79 Å². The number of hydrogen-bond acceptors (Lipinski definition) is 2. The van der Waals surface area contributed by atoms with Gasteiger partial charge in [-0.3, -0.25) is 9.48 Å². The fourth-order valence-electron chi connectivity index (χ4n) is 2.11. The lowest BCUT2D eigenvalue weighted by Gasteiger charge is -2.17. The summed E-state index contributed by atoms with van der Waals surface area (Å²) in [6, 6.07) is 0.0248. The van der Waals surface area contributed by atoms with Gasteiger partial charge >= 0.3 is 0 Å². The predicted octanol–water partition coefficient (Wildman–Crippen LogP) is 2.34. The lowest BCUT2D eigenvalue weighted by atomic mass is 10.0. The van der Waals surface area contributed by atoms with E-state index >= 15 is 0 Å². The molecule has 96 valence electrons. The third-order valence-corrected chi connectivity index (χ3v) is 3.23. The number of nitrogens with one attached hydrogen (secondary N) is 1. The van der Waals surface area contributed by atoms with Crippen LogP contribution in [0.25, 0.3) is 0 Å². The quantitative estimate of drug-likeness (QED) is 0.854. The highest BCUT2D eigenvalue weighted by atomic mass is 16.1. The number of carbonyl (C=O) groups is 1. The Hall–Kier alpha value is -1.32. The Morgan fingerprint density at radius 2 is 2.06 bits per heavy atom. The Kier molecular flexibility index (Phi) is 4.73. The van der Waals surface area contributed by atoms with E-state index in [4.69, 9.17) is 0 Å². The van der Waals surface area contributed by atoms with Gasteiger partial charge in [-0.25, -0.2) is 0 Å². The van der Waals surface area contributed by atoms with Crippen molar-refractivity contribution in [1.82, 2.24) is 15.1 Å². The molecule has 1 heterocycles. The maximum atomic E-state index is 12.0. The van der Waals surface area contributed by atoms with E-state index in [1.54, 1.807) is 4.68 Å². The molecule has 0 bridgehead atoms. The minimum Gasteiger partial charge on any atom is -0.349 e. The number of aromatic nitrogens is 2. The number of hydrogen-bond donors (Lipinski definition) is 1. The van der Waals surface area contributed by atoms with Crippen LogP contribution in [0.4, 0.5) is 0 Å². The number of carbonyl (C=O) groups excluding carboxylic acids is 1. The molecule has 0 aromatic carbocycles. The first-order chi connectivity index (χ1) is 7.99. The van der Waals surface area contributed by atoms with E-state index < -0.39 is 0 Å². The average Bonchev–Trinajstić information content (AvgIpc) is 2.59. The Morgan fingerprint density at radius 1 is 1.47 bits per heavy atom. The van der Waals surface area contributed by atoms with Crippen molar-refractivity contribution in [1.29, 1.82) is 0 Å². The SMILES string of the molecule is CCC(CC)C(=O)NC(C)c1cn(C)nc1C. The van der Waals surface area contributed by atoms with Crippen molar-refractivity contribution >= 4 is 5.91 Å². The summed E-state index contributed by atoms with van der Waals surface area (Å²) < 4.78 is 1.78. The highest BCUT2D eigenvalue weighted by Gasteiger charge is 2.19. The van der Waals surface area contributed by atoms with Gasteiger partial charge in [0, 0.05) is 24.7 Å². The molecular weight excluding hydrogens is 214 g/mol. The van der Waals surface area contributed by atoms with Crippen molar-refractivity contribution in [2.24, 2.45) is 13.0 Å². The summed E-state index contributed by atoms with van der Waals surface area (Å²) in [5, 5.41) is 7.35. The first-order valence-corrected chi connectivity index (χ1v) is 6.30. The van der Waals surface area contributed by atoms with Crippen LogP contribution in [0.3, 0.4) is 0 Å². The molecule has 4 nitrogen and oxygen atoms in total. The van der Waals surface area contributed by atoms with Gasteiger partial charge < -0.3 is 5.32 Å². The second-order valence-electron chi connectivity index (χ2n) is 4.59. The van der Waals surface area contributed by atoms with E-state index in [2.05, 4.69) is 10.4 Å². The molecule has 0 fully saturated rings. The van der Waals surface area contributed by atoms with E-state index in [1.807, 2.05) is 40.9 Å². The molecular formula is C13H23N3O. The Morgan fingerprint density at radius 3 is 2.47 bits per heavy atom. The standard InChI is InChI=1S/C13H23N3O/c1-6-11(7-2)13(17)14-9(3)12-8-16(5)15-10(12)4/h8-9,11H,6-7H2,1-5H3,(H,14,17). The van der Waals surface area contributed by atoms with Crippen molar-refractivity contribution in [3.8, 4) is 0 Å². The Balaban J connectivity index is 2.69. The van der Waals surface area contributed by atoms with Crippen LogP contribution in [0.1, 0.15) is 50.9 Å². The van der Waals surface area contributed by atoms with Crippen LogP contribution in [0.2, 0.25) is 0 Å². The fraction of sp³-hybridized carbons (Fsp3) is 0.692. The normalized spacial score (nSPS) is 12.8. The minimum absolute atomic E-state index is 0.0248. The molecule has 17 heavy (non-hydrogen) atoms. The second kappa shape index (κ2) is 5.84. The largest absolute Gasteiger partial charge is 0.349 e. The number of rotatable bonds is 5. The number of aryl methyl sites for hydroxylation is 2. The smallest absolute Gasteiger partial charge is 0.223 e. The average molecular weight is 237 g/mol. The molecule has 1 amide bonds. The molecule has 0 spiro atoms. The van der Waals surface area contributed by atoms with E-state index in [0.717, 1.165) is 24.1 Å². The van der Waals surface area contributed by atoms with Crippen LogP contribution in [-0.2, 0) is 11.8 Å². The highest BCUT2D eigenvalue weighted by Crippen LogP contribution is 2.17. The maximum absolute atomic E-state index is 12.0. The van der Waals surface area contributed by atoms with Gasteiger partial charge in [0.25, 0.3) is 0 Å². The van der Waals surface area contributed by atoms with Crippen molar-refractivity contribution in [2.45, 2.75) is 46.6 Å². The van der Waals surface area contributed by atoms with E-state index in [0.29, 0.717) is 0 Å². The van der Waals surface area contributed by atoms with Crippen LogP contribution in [-0.4, -0.2) is 15.7 Å². The lowest BCUT2D eigenvalue weighted by molar-refractivity contribution is -0.125. The third-order valence-electron chi connectivity index (χ3n) is 3.23. The molecule has 0 radical (unpaired) electrons.